The third kappa shape index (κ3) is 3.36. The maximum absolute atomic E-state index is 13.4. The summed E-state index contributed by atoms with van der Waals surface area (Å²) >= 11 is 0. The summed E-state index contributed by atoms with van der Waals surface area (Å²) in [7, 11) is 0. The van der Waals surface area contributed by atoms with E-state index in [9.17, 15) is 28.2 Å². The number of aliphatic hydroxyl groups is 2. The van der Waals surface area contributed by atoms with Gasteiger partial charge in [0.25, 0.3) is 0 Å². The predicted octanol–water partition coefficient (Wildman–Crippen LogP) is 2.25. The quantitative estimate of drug-likeness (QED) is 0.684. The monoisotopic (exact) mass is 405 g/mol. The average molecular weight is 405 g/mol. The smallest absolute Gasteiger partial charge is 0.389 e. The zero-order valence-electron chi connectivity index (χ0n) is 15.4. The van der Waals surface area contributed by atoms with Gasteiger partial charge < -0.3 is 15.1 Å². The van der Waals surface area contributed by atoms with Crippen molar-refractivity contribution in [2.45, 2.75) is 25.3 Å². The van der Waals surface area contributed by atoms with Crippen molar-refractivity contribution >= 4 is 16.7 Å². The van der Waals surface area contributed by atoms with Crippen molar-refractivity contribution in [2.75, 3.05) is 18.0 Å². The van der Waals surface area contributed by atoms with E-state index in [1.165, 1.54) is 11.0 Å². The molecule has 0 aliphatic carbocycles. The number of fused-ring (bicyclic) bond motifs is 1. The molecule has 1 saturated heterocycles. The molecule has 0 saturated carbocycles. The maximum atomic E-state index is 13.4. The Morgan fingerprint density at radius 1 is 1.07 bits per heavy atom. The van der Waals surface area contributed by atoms with Crippen LogP contribution in [0.5, 0.6) is 0 Å². The van der Waals surface area contributed by atoms with Crippen molar-refractivity contribution in [1.29, 1.82) is 0 Å². The first-order valence-corrected chi connectivity index (χ1v) is 8.98. The Morgan fingerprint density at radius 2 is 1.72 bits per heavy atom. The van der Waals surface area contributed by atoms with Crippen molar-refractivity contribution in [3.8, 4) is 5.69 Å². The molecule has 1 aliphatic rings. The highest BCUT2D eigenvalue weighted by molar-refractivity contribution is 5.91. The van der Waals surface area contributed by atoms with Gasteiger partial charge in [-0.1, -0.05) is 18.2 Å². The zero-order valence-corrected chi connectivity index (χ0v) is 15.4. The van der Waals surface area contributed by atoms with Gasteiger partial charge in [-0.05, 0) is 36.8 Å². The molecule has 29 heavy (non-hydrogen) atoms. The number of benzene rings is 2. The molecule has 1 aromatic heterocycles. The van der Waals surface area contributed by atoms with E-state index in [-0.39, 0.29) is 24.4 Å². The molecular weight excluding hydrogens is 387 g/mol. The fraction of sp³-hybridized carbons (Fsp3) is 0.300. The molecule has 1 aliphatic heterocycles. The van der Waals surface area contributed by atoms with Crippen LogP contribution in [0, 0.1) is 6.92 Å². The lowest BCUT2D eigenvalue weighted by molar-refractivity contribution is -0.137. The van der Waals surface area contributed by atoms with Crippen LogP contribution in [0.4, 0.5) is 19.0 Å². The Morgan fingerprint density at radius 3 is 2.34 bits per heavy atom. The predicted molar refractivity (Wildman–Crippen MR) is 101 cm³/mol. The van der Waals surface area contributed by atoms with E-state index < -0.39 is 29.6 Å². The van der Waals surface area contributed by atoms with Gasteiger partial charge in [0.1, 0.15) is 5.82 Å². The van der Waals surface area contributed by atoms with Crippen molar-refractivity contribution in [1.82, 2.24) is 9.55 Å². The van der Waals surface area contributed by atoms with Gasteiger partial charge in [-0.2, -0.15) is 18.2 Å². The number of anilines is 1. The number of rotatable bonds is 2. The molecule has 2 aromatic carbocycles. The summed E-state index contributed by atoms with van der Waals surface area (Å²) in [5, 5.41) is 20.0. The largest absolute Gasteiger partial charge is 0.416 e. The Labute approximate surface area is 163 Å². The highest BCUT2D eigenvalue weighted by Crippen LogP contribution is 2.34. The molecule has 6 nitrogen and oxygen atoms in total. The number of para-hydroxylation sites is 1. The number of hydrogen-bond acceptors (Lipinski definition) is 5. The number of nitrogens with zero attached hydrogens (tertiary/aromatic N) is 3. The van der Waals surface area contributed by atoms with E-state index >= 15 is 0 Å². The van der Waals surface area contributed by atoms with E-state index in [0.717, 1.165) is 16.7 Å². The van der Waals surface area contributed by atoms with Gasteiger partial charge >= 0.3 is 11.9 Å². The summed E-state index contributed by atoms with van der Waals surface area (Å²) in [6.07, 6.45) is -6.63. The summed E-state index contributed by atoms with van der Waals surface area (Å²) in [4.78, 5) is 18.5. The van der Waals surface area contributed by atoms with Crippen molar-refractivity contribution < 1.29 is 23.4 Å². The molecule has 0 spiro atoms. The molecule has 0 radical (unpaired) electrons. The van der Waals surface area contributed by atoms with Gasteiger partial charge in [-0.3, -0.25) is 4.57 Å². The minimum atomic E-state index is -4.58. The van der Waals surface area contributed by atoms with Crippen molar-refractivity contribution in [2.24, 2.45) is 0 Å². The molecule has 152 valence electrons. The van der Waals surface area contributed by atoms with Crippen LogP contribution < -0.4 is 10.6 Å². The lowest BCUT2D eigenvalue weighted by atomic mass is 10.1. The number of aromatic nitrogens is 2. The molecular formula is C20H18F3N3O3. The average Bonchev–Trinajstić information content (AvgIpc) is 2.99. The van der Waals surface area contributed by atoms with E-state index in [4.69, 9.17) is 0 Å². The SMILES string of the molecule is Cc1ccccc1-n1c(=O)nc(N2C[C@H](O)[C@@H](O)C2)c2ccc(C(F)(F)F)cc21. The summed E-state index contributed by atoms with van der Waals surface area (Å²) in [6.45, 7) is 1.80. The second-order valence-electron chi connectivity index (χ2n) is 7.11. The Balaban J connectivity index is 2.03. The van der Waals surface area contributed by atoms with Crippen molar-refractivity contribution in [3.63, 3.8) is 0 Å². The van der Waals surface area contributed by atoms with Crippen molar-refractivity contribution in [3.05, 3.63) is 64.1 Å². The van der Waals surface area contributed by atoms with Gasteiger partial charge in [0.2, 0.25) is 0 Å². The number of aliphatic hydroxyl groups excluding tert-OH is 2. The van der Waals surface area contributed by atoms with Gasteiger partial charge in [0.15, 0.2) is 0 Å². The van der Waals surface area contributed by atoms with Crippen LogP contribution in [0.1, 0.15) is 11.1 Å². The molecule has 2 N–H and O–H groups in total. The summed E-state index contributed by atoms with van der Waals surface area (Å²) in [5.74, 6) is 0.138. The van der Waals surface area contributed by atoms with Crippen LogP contribution >= 0.6 is 0 Å². The molecule has 0 amide bonds. The molecule has 4 rings (SSSR count). The fourth-order valence-corrected chi connectivity index (χ4v) is 3.62. The highest BCUT2D eigenvalue weighted by atomic mass is 19.4. The molecule has 2 atom stereocenters. The molecule has 1 fully saturated rings. The van der Waals surface area contributed by atoms with Gasteiger partial charge in [-0.15, -0.1) is 0 Å². The first kappa shape index (κ1) is 19.4. The molecule has 9 heteroatoms. The Bertz CT molecular complexity index is 1130. The van der Waals surface area contributed by atoms with Crippen LogP contribution in [-0.4, -0.2) is 45.1 Å². The van der Waals surface area contributed by atoms with Gasteiger partial charge in [0.05, 0.1) is 29.0 Å². The molecule has 3 aromatic rings. The third-order valence-electron chi connectivity index (χ3n) is 5.11. The maximum Gasteiger partial charge on any atom is 0.416 e. The number of hydrogen-bond donors (Lipinski definition) is 2. The Kier molecular flexibility index (Phi) is 4.59. The van der Waals surface area contributed by atoms with Gasteiger partial charge in [0, 0.05) is 18.5 Å². The second kappa shape index (κ2) is 6.85. The summed E-state index contributed by atoms with van der Waals surface area (Å²) < 4.78 is 41.2. The van der Waals surface area contributed by atoms with Crippen LogP contribution in [0.3, 0.4) is 0 Å². The lowest BCUT2D eigenvalue weighted by Gasteiger charge is -2.21. The number of β-amino-alcohol motifs (C(OH)–C–C–N with tert-alkyl or cyclic N) is 2. The van der Waals surface area contributed by atoms with E-state index in [0.29, 0.717) is 16.6 Å². The minimum absolute atomic E-state index is 0.0259. The first-order chi connectivity index (χ1) is 13.7. The number of aryl methyl sites for hydroxylation is 1. The summed E-state index contributed by atoms with van der Waals surface area (Å²) in [5.41, 5.74) is -0.431. The first-order valence-electron chi connectivity index (χ1n) is 8.98. The molecule has 0 bridgehead atoms. The number of alkyl halides is 3. The second-order valence-corrected chi connectivity index (χ2v) is 7.11. The van der Waals surface area contributed by atoms with E-state index in [1.807, 2.05) is 0 Å². The normalized spacial score (nSPS) is 19.9. The third-order valence-corrected chi connectivity index (χ3v) is 5.11. The van der Waals surface area contributed by atoms with E-state index in [1.54, 1.807) is 31.2 Å². The fourth-order valence-electron chi connectivity index (χ4n) is 3.62. The van der Waals surface area contributed by atoms with Crippen LogP contribution in [0.15, 0.2) is 47.3 Å². The lowest BCUT2D eigenvalue weighted by Crippen LogP contribution is -2.29. The minimum Gasteiger partial charge on any atom is -0.389 e. The van der Waals surface area contributed by atoms with Crippen LogP contribution in [-0.2, 0) is 6.18 Å². The standard InChI is InChI=1S/C20H18F3N3O3/c1-11-4-2-3-5-14(11)26-15-8-12(20(21,22)23)6-7-13(15)18(24-19(26)29)25-9-16(27)17(28)10-25/h2-8,16-17,27-28H,9-10H2,1H3/t16-,17-/m0/s1. The zero-order chi connectivity index (χ0) is 20.9. The molecule has 0 unspecified atom stereocenters. The molecule has 2 heterocycles. The Hall–Kier alpha value is -2.91. The summed E-state index contributed by atoms with van der Waals surface area (Å²) in [6, 6.07) is 9.98. The van der Waals surface area contributed by atoms with Gasteiger partial charge in [-0.25, -0.2) is 4.79 Å². The van der Waals surface area contributed by atoms with Crippen LogP contribution in [0.2, 0.25) is 0 Å². The topological polar surface area (TPSA) is 78.6 Å². The number of halogens is 3. The highest BCUT2D eigenvalue weighted by Gasteiger charge is 2.34. The van der Waals surface area contributed by atoms with Crippen LogP contribution in [0.25, 0.3) is 16.6 Å². The van der Waals surface area contributed by atoms with E-state index in [2.05, 4.69) is 4.98 Å².